The Bertz CT molecular complexity index is 605. The second-order valence-electron chi connectivity index (χ2n) is 4.26. The minimum atomic E-state index is -0.587. The Morgan fingerprint density at radius 2 is 2.05 bits per heavy atom. The van der Waals surface area contributed by atoms with Gasteiger partial charge in [0.1, 0.15) is 28.8 Å². The smallest absolute Gasteiger partial charge is 0.140 e. The lowest BCUT2D eigenvalue weighted by Gasteiger charge is -2.10. The lowest BCUT2D eigenvalue weighted by atomic mass is 10.3. The lowest BCUT2D eigenvalue weighted by Crippen LogP contribution is -2.05. The van der Waals surface area contributed by atoms with E-state index >= 15 is 0 Å². The molecule has 0 saturated carbocycles. The van der Waals surface area contributed by atoms with Gasteiger partial charge < -0.3 is 5.32 Å². The van der Waals surface area contributed by atoms with Gasteiger partial charge in [-0.25, -0.2) is 18.7 Å². The summed E-state index contributed by atoms with van der Waals surface area (Å²) in [5, 5.41) is 3.85. The van der Waals surface area contributed by atoms with Crippen LogP contribution in [0.2, 0.25) is 0 Å². The molecule has 0 bridgehead atoms. The van der Waals surface area contributed by atoms with E-state index in [1.165, 1.54) is 18.5 Å². The van der Waals surface area contributed by atoms with Crippen LogP contribution in [0.25, 0.3) is 0 Å². The SMILES string of the molecule is CCCNc1ncnc(Sc2ccc(F)cc2F)c1C. The van der Waals surface area contributed by atoms with E-state index in [1.807, 2.05) is 6.92 Å². The maximum absolute atomic E-state index is 13.7. The van der Waals surface area contributed by atoms with Gasteiger partial charge in [-0.3, -0.25) is 0 Å². The van der Waals surface area contributed by atoms with Gasteiger partial charge in [0.15, 0.2) is 0 Å². The first kappa shape index (κ1) is 14.7. The molecule has 0 aliphatic carbocycles. The first-order valence-corrected chi connectivity index (χ1v) is 7.12. The van der Waals surface area contributed by atoms with Gasteiger partial charge in [0, 0.05) is 23.1 Å². The van der Waals surface area contributed by atoms with Gasteiger partial charge in [-0.05, 0) is 25.5 Å². The van der Waals surface area contributed by atoms with Crippen molar-refractivity contribution < 1.29 is 8.78 Å². The fourth-order valence-electron chi connectivity index (χ4n) is 1.62. The number of hydrogen-bond acceptors (Lipinski definition) is 4. The van der Waals surface area contributed by atoms with Crippen molar-refractivity contribution in [3.63, 3.8) is 0 Å². The number of nitrogens with one attached hydrogen (secondary N) is 1. The van der Waals surface area contributed by atoms with Gasteiger partial charge in [0.05, 0.1) is 0 Å². The molecule has 0 amide bonds. The summed E-state index contributed by atoms with van der Waals surface area (Å²) in [6.07, 6.45) is 2.42. The molecule has 6 heteroatoms. The zero-order chi connectivity index (χ0) is 14.5. The highest BCUT2D eigenvalue weighted by atomic mass is 32.2. The number of halogens is 2. The van der Waals surface area contributed by atoms with Crippen LogP contribution < -0.4 is 5.32 Å². The molecule has 0 atom stereocenters. The van der Waals surface area contributed by atoms with Crippen LogP contribution in [0.3, 0.4) is 0 Å². The predicted octanol–water partition coefficient (Wildman–Crippen LogP) is 4.04. The third kappa shape index (κ3) is 3.45. The molecular weight excluding hydrogens is 280 g/mol. The largest absolute Gasteiger partial charge is 0.370 e. The summed E-state index contributed by atoms with van der Waals surface area (Å²) in [5.74, 6) is -0.431. The minimum absolute atomic E-state index is 0.342. The summed E-state index contributed by atoms with van der Waals surface area (Å²) in [6.45, 7) is 4.75. The Labute approximate surface area is 120 Å². The van der Waals surface area contributed by atoms with Crippen molar-refractivity contribution in [1.82, 2.24) is 9.97 Å². The van der Waals surface area contributed by atoms with Crippen molar-refractivity contribution in [2.24, 2.45) is 0 Å². The number of rotatable bonds is 5. The van der Waals surface area contributed by atoms with E-state index in [-0.39, 0.29) is 0 Å². The summed E-state index contributed by atoms with van der Waals surface area (Å²) in [7, 11) is 0. The van der Waals surface area contributed by atoms with Crippen LogP contribution >= 0.6 is 11.8 Å². The minimum Gasteiger partial charge on any atom is -0.370 e. The van der Waals surface area contributed by atoms with Crippen molar-refractivity contribution >= 4 is 17.6 Å². The molecule has 1 aromatic carbocycles. The molecule has 0 aliphatic rings. The van der Waals surface area contributed by atoms with Gasteiger partial charge in [-0.1, -0.05) is 18.7 Å². The molecule has 0 unspecified atom stereocenters. The highest BCUT2D eigenvalue weighted by Gasteiger charge is 2.11. The third-order valence-corrected chi connectivity index (χ3v) is 3.84. The molecule has 0 aliphatic heterocycles. The maximum Gasteiger partial charge on any atom is 0.140 e. The molecule has 1 heterocycles. The third-order valence-electron chi connectivity index (χ3n) is 2.68. The molecule has 3 nitrogen and oxygen atoms in total. The summed E-state index contributed by atoms with van der Waals surface area (Å²) in [6, 6.07) is 3.52. The van der Waals surface area contributed by atoms with Crippen molar-refractivity contribution in [3.8, 4) is 0 Å². The molecule has 2 aromatic rings. The topological polar surface area (TPSA) is 37.8 Å². The zero-order valence-electron chi connectivity index (χ0n) is 11.3. The van der Waals surface area contributed by atoms with Gasteiger partial charge >= 0.3 is 0 Å². The molecule has 0 radical (unpaired) electrons. The Hall–Kier alpha value is -1.69. The van der Waals surface area contributed by atoms with Crippen molar-refractivity contribution in [2.75, 3.05) is 11.9 Å². The highest BCUT2D eigenvalue weighted by molar-refractivity contribution is 7.99. The molecule has 20 heavy (non-hydrogen) atoms. The molecule has 0 fully saturated rings. The molecule has 2 rings (SSSR count). The zero-order valence-corrected chi connectivity index (χ0v) is 12.1. The van der Waals surface area contributed by atoms with Crippen LogP contribution in [-0.4, -0.2) is 16.5 Å². The van der Waals surface area contributed by atoms with Gasteiger partial charge in [0.2, 0.25) is 0 Å². The van der Waals surface area contributed by atoms with Crippen LogP contribution in [0.5, 0.6) is 0 Å². The number of hydrogen-bond donors (Lipinski definition) is 1. The molecule has 106 valence electrons. The number of anilines is 1. The standard InChI is InChI=1S/C14H15F2N3S/c1-3-6-17-13-9(2)14(19-8-18-13)20-12-5-4-10(15)7-11(12)16/h4-5,7-8H,3,6H2,1-2H3,(H,17,18,19). The first-order valence-electron chi connectivity index (χ1n) is 6.30. The molecule has 1 N–H and O–H groups in total. The monoisotopic (exact) mass is 295 g/mol. The maximum atomic E-state index is 13.7. The van der Waals surface area contributed by atoms with Gasteiger partial charge in [0.25, 0.3) is 0 Å². The lowest BCUT2D eigenvalue weighted by molar-refractivity contribution is 0.565. The normalized spacial score (nSPS) is 10.6. The average molecular weight is 295 g/mol. The Morgan fingerprint density at radius 1 is 1.25 bits per heavy atom. The number of benzene rings is 1. The van der Waals surface area contributed by atoms with E-state index in [2.05, 4.69) is 22.2 Å². The van der Waals surface area contributed by atoms with E-state index in [9.17, 15) is 8.78 Å². The fourth-order valence-corrected chi connectivity index (χ4v) is 2.47. The van der Waals surface area contributed by atoms with Crippen LogP contribution in [0.4, 0.5) is 14.6 Å². The Balaban J connectivity index is 2.24. The van der Waals surface area contributed by atoms with Crippen molar-refractivity contribution in [2.45, 2.75) is 30.2 Å². The summed E-state index contributed by atoms with van der Waals surface area (Å²) in [5.41, 5.74) is 0.856. The summed E-state index contributed by atoms with van der Waals surface area (Å²) < 4.78 is 26.5. The molecule has 0 saturated heterocycles. The number of aromatic nitrogens is 2. The van der Waals surface area contributed by atoms with E-state index in [1.54, 1.807) is 0 Å². The van der Waals surface area contributed by atoms with Crippen molar-refractivity contribution in [3.05, 3.63) is 41.7 Å². The van der Waals surface area contributed by atoms with Crippen LogP contribution in [-0.2, 0) is 0 Å². The predicted molar refractivity (Wildman–Crippen MR) is 76.0 cm³/mol. The average Bonchev–Trinajstić information content (AvgIpc) is 2.42. The quantitative estimate of drug-likeness (QED) is 0.845. The molecular formula is C14H15F2N3S. The summed E-state index contributed by atoms with van der Waals surface area (Å²) >= 11 is 1.16. The Kier molecular flexibility index (Phi) is 4.89. The second-order valence-corrected chi connectivity index (χ2v) is 5.29. The molecule has 0 spiro atoms. The van der Waals surface area contributed by atoms with Crippen LogP contribution in [0, 0.1) is 18.6 Å². The number of nitrogens with zero attached hydrogens (tertiary/aromatic N) is 2. The van der Waals surface area contributed by atoms with E-state index < -0.39 is 11.6 Å². The summed E-state index contributed by atoms with van der Waals surface area (Å²) in [4.78, 5) is 8.66. The second kappa shape index (κ2) is 6.65. The Morgan fingerprint density at radius 3 is 2.75 bits per heavy atom. The van der Waals surface area contributed by atoms with E-state index in [4.69, 9.17) is 0 Å². The van der Waals surface area contributed by atoms with Crippen LogP contribution in [0.1, 0.15) is 18.9 Å². The van der Waals surface area contributed by atoms with Crippen molar-refractivity contribution in [1.29, 1.82) is 0 Å². The molecule has 1 aromatic heterocycles. The fraction of sp³-hybridized carbons (Fsp3) is 0.286. The highest BCUT2D eigenvalue weighted by Crippen LogP contribution is 2.32. The van der Waals surface area contributed by atoms with Gasteiger partial charge in [-0.15, -0.1) is 0 Å². The van der Waals surface area contributed by atoms with E-state index in [0.29, 0.717) is 9.92 Å². The first-order chi connectivity index (χ1) is 9.61. The van der Waals surface area contributed by atoms with E-state index in [0.717, 1.165) is 42.2 Å². The van der Waals surface area contributed by atoms with Gasteiger partial charge in [-0.2, -0.15) is 0 Å². The van der Waals surface area contributed by atoms with Crippen LogP contribution in [0.15, 0.2) is 34.4 Å².